The number of aromatic nitrogens is 2. The maximum absolute atomic E-state index is 11.6. The van der Waals surface area contributed by atoms with Crippen molar-refractivity contribution < 1.29 is 4.79 Å². The quantitative estimate of drug-likeness (QED) is 0.880. The Balaban J connectivity index is 1.83. The van der Waals surface area contributed by atoms with E-state index < -0.39 is 0 Å². The molecule has 0 saturated heterocycles. The molecular weight excluding hydrogens is 264 g/mol. The van der Waals surface area contributed by atoms with Gasteiger partial charge in [0.25, 0.3) is 5.91 Å². The Morgan fingerprint density at radius 2 is 2.19 bits per heavy atom. The van der Waals surface area contributed by atoms with Crippen LogP contribution in [-0.2, 0) is 6.54 Å². The lowest BCUT2D eigenvalue weighted by Gasteiger charge is -2.10. The van der Waals surface area contributed by atoms with Gasteiger partial charge in [-0.3, -0.25) is 4.79 Å². The summed E-state index contributed by atoms with van der Waals surface area (Å²) in [6, 6.07) is 8.79. The lowest BCUT2D eigenvalue weighted by Crippen LogP contribution is -2.18. The van der Waals surface area contributed by atoms with E-state index in [1.807, 2.05) is 6.20 Å². The Morgan fingerprint density at radius 1 is 1.38 bits per heavy atom. The summed E-state index contributed by atoms with van der Waals surface area (Å²) >= 11 is 0. The van der Waals surface area contributed by atoms with Gasteiger partial charge in [0.05, 0.1) is 5.69 Å². The molecule has 2 aromatic rings. The van der Waals surface area contributed by atoms with Crippen LogP contribution in [0.4, 0.5) is 0 Å². The van der Waals surface area contributed by atoms with Gasteiger partial charge in [-0.2, -0.15) is 5.10 Å². The zero-order valence-corrected chi connectivity index (χ0v) is 12.4. The summed E-state index contributed by atoms with van der Waals surface area (Å²) in [6.07, 6.45) is 4.39. The number of carbonyl (C=O) groups is 1. The fourth-order valence-electron chi connectivity index (χ4n) is 2.27. The minimum Gasteiger partial charge on any atom is -0.354 e. The molecule has 21 heavy (non-hydrogen) atoms. The van der Waals surface area contributed by atoms with E-state index in [-0.39, 0.29) is 5.91 Å². The molecule has 1 aromatic heterocycles. The molecule has 0 bridgehead atoms. The normalized spacial score (nSPS) is 14.2. The second-order valence-corrected chi connectivity index (χ2v) is 5.50. The maximum Gasteiger partial charge on any atom is 0.271 e. The van der Waals surface area contributed by atoms with E-state index in [9.17, 15) is 4.79 Å². The van der Waals surface area contributed by atoms with Crippen molar-refractivity contribution in [3.8, 4) is 5.69 Å². The first kappa shape index (κ1) is 13.8. The molecule has 1 fully saturated rings. The minimum atomic E-state index is -0.169. The van der Waals surface area contributed by atoms with E-state index in [0.717, 1.165) is 17.8 Å². The third-order valence-electron chi connectivity index (χ3n) is 3.74. The lowest BCUT2D eigenvalue weighted by molar-refractivity contribution is 0.0957. The van der Waals surface area contributed by atoms with Crippen LogP contribution in [0.1, 0.15) is 34.5 Å². The fourth-order valence-corrected chi connectivity index (χ4v) is 2.27. The molecule has 5 heteroatoms. The fraction of sp³-hybridized carbons (Fsp3) is 0.375. The summed E-state index contributed by atoms with van der Waals surface area (Å²) in [5, 5.41) is 10.4. The van der Waals surface area contributed by atoms with Crippen LogP contribution >= 0.6 is 0 Å². The van der Waals surface area contributed by atoms with Crippen molar-refractivity contribution in [2.45, 2.75) is 32.4 Å². The summed E-state index contributed by atoms with van der Waals surface area (Å²) in [4.78, 5) is 11.6. The summed E-state index contributed by atoms with van der Waals surface area (Å²) in [5.41, 5.74) is 3.81. The molecule has 1 amide bonds. The third-order valence-corrected chi connectivity index (χ3v) is 3.74. The van der Waals surface area contributed by atoms with E-state index >= 15 is 0 Å². The predicted molar refractivity (Wildman–Crippen MR) is 81.6 cm³/mol. The van der Waals surface area contributed by atoms with Crippen molar-refractivity contribution in [2.24, 2.45) is 0 Å². The molecule has 0 unspecified atom stereocenters. The minimum absolute atomic E-state index is 0.169. The van der Waals surface area contributed by atoms with Crippen LogP contribution < -0.4 is 10.6 Å². The van der Waals surface area contributed by atoms with Gasteiger partial charge in [-0.05, 0) is 43.0 Å². The SMILES string of the molecule is CNC(=O)c1ccn(-c2cc(CNC3CC3)ccc2C)n1. The van der Waals surface area contributed by atoms with Gasteiger partial charge in [-0.25, -0.2) is 4.68 Å². The number of aryl methyl sites for hydroxylation is 1. The molecule has 0 spiro atoms. The number of amides is 1. The molecule has 1 aromatic carbocycles. The van der Waals surface area contributed by atoms with Crippen LogP contribution in [0.2, 0.25) is 0 Å². The molecule has 1 heterocycles. The van der Waals surface area contributed by atoms with E-state index in [4.69, 9.17) is 0 Å². The van der Waals surface area contributed by atoms with E-state index in [1.54, 1.807) is 17.8 Å². The highest BCUT2D eigenvalue weighted by molar-refractivity contribution is 5.91. The largest absolute Gasteiger partial charge is 0.354 e. The number of rotatable bonds is 5. The highest BCUT2D eigenvalue weighted by atomic mass is 16.1. The molecule has 2 N–H and O–H groups in total. The number of carbonyl (C=O) groups excluding carboxylic acids is 1. The maximum atomic E-state index is 11.6. The van der Waals surface area contributed by atoms with Crippen molar-refractivity contribution in [1.82, 2.24) is 20.4 Å². The summed E-state index contributed by atoms with van der Waals surface area (Å²) < 4.78 is 1.76. The Labute approximate surface area is 124 Å². The van der Waals surface area contributed by atoms with Gasteiger partial charge in [-0.1, -0.05) is 12.1 Å². The van der Waals surface area contributed by atoms with Crippen LogP contribution in [0.5, 0.6) is 0 Å². The molecular formula is C16H20N4O. The second kappa shape index (κ2) is 5.69. The highest BCUT2D eigenvalue weighted by Crippen LogP contribution is 2.20. The first-order valence-electron chi connectivity index (χ1n) is 7.28. The van der Waals surface area contributed by atoms with Crippen LogP contribution in [0.3, 0.4) is 0 Å². The van der Waals surface area contributed by atoms with Crippen LogP contribution in [0.25, 0.3) is 5.69 Å². The molecule has 5 nitrogen and oxygen atoms in total. The first-order chi connectivity index (χ1) is 10.2. The number of hydrogen-bond acceptors (Lipinski definition) is 3. The number of hydrogen-bond donors (Lipinski definition) is 2. The van der Waals surface area contributed by atoms with Crippen molar-refractivity contribution in [3.63, 3.8) is 0 Å². The Hall–Kier alpha value is -2.14. The van der Waals surface area contributed by atoms with Gasteiger partial charge in [0, 0.05) is 25.8 Å². The Morgan fingerprint density at radius 3 is 2.90 bits per heavy atom. The van der Waals surface area contributed by atoms with Gasteiger partial charge in [0.1, 0.15) is 0 Å². The topological polar surface area (TPSA) is 59.0 Å². The molecule has 1 saturated carbocycles. The zero-order chi connectivity index (χ0) is 14.8. The van der Waals surface area contributed by atoms with E-state index in [1.165, 1.54) is 18.4 Å². The van der Waals surface area contributed by atoms with E-state index in [0.29, 0.717) is 11.7 Å². The smallest absolute Gasteiger partial charge is 0.271 e. The molecule has 1 aliphatic rings. The van der Waals surface area contributed by atoms with Crippen LogP contribution in [0.15, 0.2) is 30.5 Å². The summed E-state index contributed by atoms with van der Waals surface area (Å²) in [7, 11) is 1.61. The average Bonchev–Trinajstić information content (AvgIpc) is 3.20. The van der Waals surface area contributed by atoms with Gasteiger partial charge in [-0.15, -0.1) is 0 Å². The number of benzene rings is 1. The van der Waals surface area contributed by atoms with Gasteiger partial charge in [0.15, 0.2) is 5.69 Å². The van der Waals surface area contributed by atoms with Crippen molar-refractivity contribution in [2.75, 3.05) is 7.05 Å². The number of nitrogens with zero attached hydrogens (tertiary/aromatic N) is 2. The molecule has 0 atom stereocenters. The van der Waals surface area contributed by atoms with Crippen molar-refractivity contribution in [3.05, 3.63) is 47.3 Å². The summed E-state index contributed by atoms with van der Waals surface area (Å²) in [5.74, 6) is -0.169. The van der Waals surface area contributed by atoms with Gasteiger partial charge in [0.2, 0.25) is 0 Å². The van der Waals surface area contributed by atoms with Crippen molar-refractivity contribution in [1.29, 1.82) is 0 Å². The molecule has 1 aliphatic carbocycles. The monoisotopic (exact) mass is 284 g/mol. The highest BCUT2D eigenvalue weighted by Gasteiger charge is 2.20. The zero-order valence-electron chi connectivity index (χ0n) is 12.4. The predicted octanol–water partition coefficient (Wildman–Crippen LogP) is 1.79. The average molecular weight is 284 g/mol. The Bertz CT molecular complexity index is 658. The first-order valence-corrected chi connectivity index (χ1v) is 7.28. The second-order valence-electron chi connectivity index (χ2n) is 5.50. The summed E-state index contributed by atoms with van der Waals surface area (Å²) in [6.45, 7) is 2.93. The third kappa shape index (κ3) is 3.13. The Kier molecular flexibility index (Phi) is 3.75. The standard InChI is InChI=1S/C16H20N4O/c1-11-3-4-12(10-18-13-5-6-13)9-15(11)20-8-7-14(19-20)16(21)17-2/h3-4,7-9,13,18H,5-6,10H2,1-2H3,(H,17,21). The van der Waals surface area contributed by atoms with E-state index in [2.05, 4.69) is 40.9 Å². The lowest BCUT2D eigenvalue weighted by atomic mass is 10.1. The molecule has 110 valence electrons. The van der Waals surface area contributed by atoms with Gasteiger partial charge >= 0.3 is 0 Å². The number of nitrogens with one attached hydrogen (secondary N) is 2. The molecule has 0 aliphatic heterocycles. The van der Waals surface area contributed by atoms with Crippen LogP contribution in [0, 0.1) is 6.92 Å². The molecule has 3 rings (SSSR count). The van der Waals surface area contributed by atoms with Crippen molar-refractivity contribution >= 4 is 5.91 Å². The van der Waals surface area contributed by atoms with Crippen LogP contribution in [-0.4, -0.2) is 28.8 Å². The molecule has 0 radical (unpaired) electrons. The van der Waals surface area contributed by atoms with Gasteiger partial charge < -0.3 is 10.6 Å².